The van der Waals surface area contributed by atoms with Gasteiger partial charge in [-0.2, -0.15) is 0 Å². The van der Waals surface area contributed by atoms with Crippen molar-refractivity contribution in [1.29, 1.82) is 0 Å². The van der Waals surface area contributed by atoms with E-state index in [9.17, 15) is 4.79 Å². The Morgan fingerprint density at radius 1 is 1.57 bits per heavy atom. The molecule has 0 radical (unpaired) electrons. The zero-order chi connectivity index (χ0) is 10.6. The Morgan fingerprint density at radius 3 is 2.86 bits per heavy atom. The summed E-state index contributed by atoms with van der Waals surface area (Å²) in [7, 11) is 1.59. The Bertz CT molecular complexity index is 323. The quantitative estimate of drug-likeness (QED) is 0.612. The normalized spacial score (nSPS) is 12.2. The third-order valence-electron chi connectivity index (χ3n) is 2.00. The van der Waals surface area contributed by atoms with Crippen LogP contribution in [-0.2, 0) is 0 Å². The second-order valence-corrected chi connectivity index (χ2v) is 4.08. The summed E-state index contributed by atoms with van der Waals surface area (Å²) in [5, 5.41) is 0. The van der Waals surface area contributed by atoms with Crippen LogP contribution in [0.25, 0.3) is 0 Å². The van der Waals surface area contributed by atoms with Gasteiger partial charge in [0.15, 0.2) is 5.78 Å². The van der Waals surface area contributed by atoms with Gasteiger partial charge in [0.2, 0.25) is 0 Å². The number of ketones is 1. The van der Waals surface area contributed by atoms with Gasteiger partial charge in [0.1, 0.15) is 5.75 Å². The molecule has 0 bridgehead atoms. The van der Waals surface area contributed by atoms with E-state index in [1.807, 2.05) is 19.1 Å². The lowest BCUT2D eigenvalue weighted by Gasteiger charge is -2.06. The zero-order valence-electron chi connectivity index (χ0n) is 8.29. The fourth-order valence-corrected chi connectivity index (χ4v) is 1.41. The molecule has 76 valence electrons. The third kappa shape index (κ3) is 2.58. The van der Waals surface area contributed by atoms with E-state index < -0.39 is 0 Å². The van der Waals surface area contributed by atoms with Crippen molar-refractivity contribution in [2.45, 2.75) is 18.2 Å². The molecular weight excluding hydrogens is 244 g/mol. The lowest BCUT2D eigenvalue weighted by molar-refractivity contribution is 0.0990. The van der Waals surface area contributed by atoms with Crippen LogP contribution in [0.1, 0.15) is 23.7 Å². The van der Waals surface area contributed by atoms with Crippen molar-refractivity contribution in [3.05, 3.63) is 29.8 Å². The lowest BCUT2D eigenvalue weighted by atomic mass is 10.1. The molecule has 2 nitrogen and oxygen atoms in total. The highest BCUT2D eigenvalue weighted by Crippen LogP contribution is 2.17. The molecule has 0 saturated carbocycles. The number of benzene rings is 1. The van der Waals surface area contributed by atoms with E-state index in [2.05, 4.69) is 15.9 Å². The fraction of sp³-hybridized carbons (Fsp3) is 0.364. The molecule has 1 aromatic rings. The van der Waals surface area contributed by atoms with E-state index in [1.165, 1.54) is 0 Å². The van der Waals surface area contributed by atoms with Crippen molar-refractivity contribution >= 4 is 21.7 Å². The highest BCUT2D eigenvalue weighted by Gasteiger charge is 2.14. The van der Waals surface area contributed by atoms with Crippen molar-refractivity contribution in [1.82, 2.24) is 0 Å². The van der Waals surface area contributed by atoms with Gasteiger partial charge in [0, 0.05) is 5.56 Å². The molecule has 1 rings (SSSR count). The lowest BCUT2D eigenvalue weighted by Crippen LogP contribution is -2.12. The second-order valence-electron chi connectivity index (χ2n) is 2.97. The summed E-state index contributed by atoms with van der Waals surface area (Å²) in [4.78, 5) is 11.6. The molecule has 0 aliphatic heterocycles. The summed E-state index contributed by atoms with van der Waals surface area (Å²) in [5.74, 6) is 0.818. The first kappa shape index (κ1) is 11.2. The highest BCUT2D eigenvalue weighted by molar-refractivity contribution is 9.10. The SMILES string of the molecule is CCC(Br)C(=O)c1cccc(OC)c1. The molecule has 1 atom stereocenters. The maximum absolute atomic E-state index is 11.7. The van der Waals surface area contributed by atoms with Gasteiger partial charge in [-0.1, -0.05) is 35.0 Å². The van der Waals surface area contributed by atoms with Crippen LogP contribution < -0.4 is 4.74 Å². The van der Waals surface area contributed by atoms with Gasteiger partial charge < -0.3 is 4.74 Å². The number of hydrogen-bond acceptors (Lipinski definition) is 2. The molecule has 1 aromatic carbocycles. The third-order valence-corrected chi connectivity index (χ3v) is 3.06. The van der Waals surface area contributed by atoms with Crippen molar-refractivity contribution in [3.8, 4) is 5.75 Å². The minimum absolute atomic E-state index is 0.102. The molecule has 0 amide bonds. The summed E-state index contributed by atoms with van der Waals surface area (Å²) >= 11 is 3.34. The van der Waals surface area contributed by atoms with Crippen LogP contribution in [0.15, 0.2) is 24.3 Å². The predicted molar refractivity (Wildman–Crippen MR) is 60.3 cm³/mol. The number of Topliss-reactive ketones (excluding diaryl/α,β-unsaturated/α-hetero) is 1. The summed E-state index contributed by atoms with van der Waals surface area (Å²) in [5.41, 5.74) is 0.688. The van der Waals surface area contributed by atoms with Gasteiger partial charge in [-0.15, -0.1) is 0 Å². The number of hydrogen-bond donors (Lipinski definition) is 0. The van der Waals surface area contributed by atoms with E-state index in [0.29, 0.717) is 11.3 Å². The topological polar surface area (TPSA) is 26.3 Å². The smallest absolute Gasteiger partial charge is 0.176 e. The van der Waals surface area contributed by atoms with Crippen LogP contribution >= 0.6 is 15.9 Å². The monoisotopic (exact) mass is 256 g/mol. The highest BCUT2D eigenvalue weighted by atomic mass is 79.9. The molecule has 0 spiro atoms. The first-order valence-corrected chi connectivity index (χ1v) is 5.43. The molecule has 0 aliphatic carbocycles. The van der Waals surface area contributed by atoms with Crippen molar-refractivity contribution < 1.29 is 9.53 Å². The average molecular weight is 257 g/mol. The van der Waals surface area contributed by atoms with E-state index in [0.717, 1.165) is 6.42 Å². The molecule has 3 heteroatoms. The maximum atomic E-state index is 11.7. The van der Waals surface area contributed by atoms with Crippen LogP contribution in [0.4, 0.5) is 0 Å². The van der Waals surface area contributed by atoms with Crippen molar-refractivity contribution in [2.24, 2.45) is 0 Å². The molecule has 0 aliphatic rings. The zero-order valence-corrected chi connectivity index (χ0v) is 9.87. The number of carbonyl (C=O) groups excluding carboxylic acids is 1. The second kappa shape index (κ2) is 5.15. The van der Waals surface area contributed by atoms with E-state index in [1.54, 1.807) is 19.2 Å². The molecule has 0 heterocycles. The first-order valence-electron chi connectivity index (χ1n) is 4.51. The van der Waals surface area contributed by atoms with Crippen molar-refractivity contribution in [3.63, 3.8) is 0 Å². The van der Waals surface area contributed by atoms with Crippen molar-refractivity contribution in [2.75, 3.05) is 7.11 Å². The maximum Gasteiger partial charge on any atom is 0.176 e. The van der Waals surface area contributed by atoms with Crippen LogP contribution in [0.3, 0.4) is 0 Å². The Labute approximate surface area is 92.4 Å². The minimum Gasteiger partial charge on any atom is -0.497 e. The Balaban J connectivity index is 2.90. The van der Waals surface area contributed by atoms with Crippen LogP contribution in [-0.4, -0.2) is 17.7 Å². The van der Waals surface area contributed by atoms with Crippen LogP contribution in [0.2, 0.25) is 0 Å². The summed E-state index contributed by atoms with van der Waals surface area (Å²) in [6, 6.07) is 7.20. The van der Waals surface area contributed by atoms with Crippen LogP contribution in [0, 0.1) is 0 Å². The Hall–Kier alpha value is -0.830. The number of carbonyl (C=O) groups is 1. The van der Waals surface area contributed by atoms with Gasteiger partial charge in [0.05, 0.1) is 11.9 Å². The molecule has 0 saturated heterocycles. The minimum atomic E-state index is -0.102. The Morgan fingerprint density at radius 2 is 2.29 bits per heavy atom. The van der Waals surface area contributed by atoms with Gasteiger partial charge in [-0.25, -0.2) is 0 Å². The van der Waals surface area contributed by atoms with E-state index in [-0.39, 0.29) is 10.6 Å². The van der Waals surface area contributed by atoms with Gasteiger partial charge in [0.25, 0.3) is 0 Å². The van der Waals surface area contributed by atoms with Gasteiger partial charge >= 0.3 is 0 Å². The van der Waals surface area contributed by atoms with Gasteiger partial charge in [-0.3, -0.25) is 4.79 Å². The largest absolute Gasteiger partial charge is 0.497 e. The number of rotatable bonds is 4. The Kier molecular flexibility index (Phi) is 4.14. The summed E-state index contributed by atoms with van der Waals surface area (Å²) in [6.45, 7) is 1.97. The number of alkyl halides is 1. The summed E-state index contributed by atoms with van der Waals surface area (Å²) in [6.07, 6.45) is 0.788. The van der Waals surface area contributed by atoms with E-state index in [4.69, 9.17) is 4.74 Å². The van der Waals surface area contributed by atoms with Crippen LogP contribution in [0.5, 0.6) is 5.75 Å². The fourth-order valence-electron chi connectivity index (χ4n) is 1.14. The first-order chi connectivity index (χ1) is 6.69. The standard InChI is InChI=1S/C11H13BrO2/c1-3-10(12)11(13)8-5-4-6-9(7-8)14-2/h4-7,10H,3H2,1-2H3. The molecule has 14 heavy (non-hydrogen) atoms. The molecule has 0 N–H and O–H groups in total. The number of methoxy groups -OCH3 is 1. The van der Waals surface area contributed by atoms with E-state index >= 15 is 0 Å². The summed E-state index contributed by atoms with van der Waals surface area (Å²) < 4.78 is 5.05. The molecule has 1 unspecified atom stereocenters. The number of halogens is 1. The average Bonchev–Trinajstić information content (AvgIpc) is 2.27. The number of ether oxygens (including phenoxy) is 1. The molecular formula is C11H13BrO2. The molecule has 0 fully saturated rings. The molecule has 0 aromatic heterocycles. The predicted octanol–water partition coefficient (Wildman–Crippen LogP) is 3.05. The van der Waals surface area contributed by atoms with Gasteiger partial charge in [-0.05, 0) is 18.6 Å².